The maximum Gasteiger partial charge on any atom is 0.307 e. The van der Waals surface area contributed by atoms with Gasteiger partial charge in [0, 0.05) is 26.0 Å². The van der Waals surface area contributed by atoms with Crippen molar-refractivity contribution >= 4 is 81.3 Å². The lowest BCUT2D eigenvalue weighted by atomic mass is 9.96. The van der Waals surface area contributed by atoms with Gasteiger partial charge < -0.3 is 9.52 Å². The minimum Gasteiger partial charge on any atom is -0.481 e. The summed E-state index contributed by atoms with van der Waals surface area (Å²) in [4.78, 5) is 38.1. The van der Waals surface area contributed by atoms with Crippen molar-refractivity contribution in [2.45, 2.75) is 6.42 Å². The standard InChI is InChI=1S/C26H13Br2NO5/c27-13-3-8-20-17(10-13)15-6-7-16-22-18(11-19(28)24(34-20)23(15)22)26(33)29(25(16)32)14-4-1-12(2-5-14)9-21(30)31/h1-8,10-11H,9H2,(H,30,31). The normalized spacial score (nSPS) is 11.8. The van der Waals surface area contributed by atoms with E-state index in [2.05, 4.69) is 31.9 Å². The summed E-state index contributed by atoms with van der Waals surface area (Å²) < 4.78 is 8.82. The molecule has 0 aliphatic heterocycles. The van der Waals surface area contributed by atoms with Crippen molar-refractivity contribution in [3.05, 3.63) is 95.9 Å². The van der Waals surface area contributed by atoms with Crippen LogP contribution in [0.25, 0.3) is 49.2 Å². The topological polar surface area (TPSA) is 89.5 Å². The summed E-state index contributed by atoms with van der Waals surface area (Å²) >= 11 is 7.06. The zero-order chi connectivity index (χ0) is 23.7. The third kappa shape index (κ3) is 3.02. The molecule has 0 radical (unpaired) electrons. The first kappa shape index (κ1) is 21.1. The highest BCUT2D eigenvalue weighted by molar-refractivity contribution is 9.11. The number of pyridine rings is 1. The van der Waals surface area contributed by atoms with Gasteiger partial charge in [-0.25, -0.2) is 4.57 Å². The molecule has 0 spiro atoms. The van der Waals surface area contributed by atoms with Crippen LogP contribution in [0.2, 0.25) is 0 Å². The first-order chi connectivity index (χ1) is 16.3. The van der Waals surface area contributed by atoms with Gasteiger partial charge in [0.05, 0.1) is 22.0 Å². The molecule has 0 aliphatic carbocycles. The van der Waals surface area contributed by atoms with Crippen molar-refractivity contribution in [1.82, 2.24) is 4.57 Å². The smallest absolute Gasteiger partial charge is 0.307 e. The minimum absolute atomic E-state index is 0.138. The monoisotopic (exact) mass is 577 g/mol. The molecule has 0 bridgehead atoms. The molecule has 0 atom stereocenters. The van der Waals surface area contributed by atoms with Gasteiger partial charge in [-0.05, 0) is 69.3 Å². The van der Waals surface area contributed by atoms with Crippen LogP contribution >= 0.6 is 31.9 Å². The van der Waals surface area contributed by atoms with Crippen LogP contribution in [0.4, 0.5) is 0 Å². The third-order valence-corrected chi connectivity index (χ3v) is 7.13. The van der Waals surface area contributed by atoms with Crippen molar-refractivity contribution in [3.63, 3.8) is 0 Å². The highest BCUT2D eigenvalue weighted by Crippen LogP contribution is 2.40. The van der Waals surface area contributed by atoms with E-state index in [1.807, 2.05) is 24.3 Å². The number of aromatic nitrogens is 1. The molecule has 6 aromatic rings. The fourth-order valence-electron chi connectivity index (χ4n) is 4.59. The Hall–Kier alpha value is -3.49. The predicted molar refractivity (Wildman–Crippen MR) is 139 cm³/mol. The summed E-state index contributed by atoms with van der Waals surface area (Å²) in [5.41, 5.74) is 1.33. The second-order valence-electron chi connectivity index (χ2n) is 8.07. The summed E-state index contributed by atoms with van der Waals surface area (Å²) in [6, 6.07) is 17.4. The van der Waals surface area contributed by atoms with Crippen molar-refractivity contribution in [2.75, 3.05) is 0 Å². The molecule has 2 heterocycles. The van der Waals surface area contributed by atoms with Gasteiger partial charge in [0.2, 0.25) is 0 Å². The van der Waals surface area contributed by atoms with Crippen LogP contribution in [0.1, 0.15) is 5.56 Å². The fourth-order valence-corrected chi connectivity index (χ4v) is 5.46. The van der Waals surface area contributed by atoms with Crippen LogP contribution in [0, 0.1) is 0 Å². The van der Waals surface area contributed by atoms with Crippen LogP contribution in [-0.2, 0) is 11.2 Å². The number of benzene rings is 4. The van der Waals surface area contributed by atoms with Crippen molar-refractivity contribution in [1.29, 1.82) is 0 Å². The van der Waals surface area contributed by atoms with Crippen LogP contribution in [0.5, 0.6) is 0 Å². The Kier molecular flexibility index (Phi) is 4.65. The molecule has 0 aliphatic rings. The average Bonchev–Trinajstić information content (AvgIpc) is 2.81. The van der Waals surface area contributed by atoms with Crippen LogP contribution in [0.3, 0.4) is 0 Å². The number of nitrogens with zero attached hydrogens (tertiary/aromatic N) is 1. The summed E-state index contributed by atoms with van der Waals surface area (Å²) in [6.07, 6.45) is -0.138. The molecular weight excluding hydrogens is 566 g/mol. The van der Waals surface area contributed by atoms with E-state index in [0.29, 0.717) is 48.4 Å². The van der Waals surface area contributed by atoms with E-state index in [4.69, 9.17) is 9.52 Å². The van der Waals surface area contributed by atoms with E-state index in [0.717, 1.165) is 19.8 Å². The second kappa shape index (κ2) is 7.51. The Bertz CT molecular complexity index is 1920. The molecular formula is C26H13Br2NO5. The van der Waals surface area contributed by atoms with Crippen molar-refractivity contribution in [3.8, 4) is 5.69 Å². The maximum absolute atomic E-state index is 13.6. The minimum atomic E-state index is -0.952. The molecule has 6 nitrogen and oxygen atoms in total. The molecule has 166 valence electrons. The summed E-state index contributed by atoms with van der Waals surface area (Å²) in [5.74, 6) is -0.952. The van der Waals surface area contributed by atoms with Gasteiger partial charge in [-0.3, -0.25) is 14.4 Å². The predicted octanol–water partition coefficient (Wildman–Crippen LogP) is 5.99. The molecule has 0 fully saturated rings. The fraction of sp³-hybridized carbons (Fsp3) is 0.0385. The highest BCUT2D eigenvalue weighted by atomic mass is 79.9. The number of carboxylic acid groups (broad SMARTS) is 1. The number of hydrogen-bond donors (Lipinski definition) is 1. The van der Waals surface area contributed by atoms with E-state index in [9.17, 15) is 14.4 Å². The second-order valence-corrected chi connectivity index (χ2v) is 9.84. The van der Waals surface area contributed by atoms with Gasteiger partial charge in [-0.1, -0.05) is 34.1 Å². The van der Waals surface area contributed by atoms with E-state index in [1.165, 1.54) is 0 Å². The Balaban J connectivity index is 1.73. The van der Waals surface area contributed by atoms with E-state index in [-0.39, 0.29) is 6.42 Å². The Labute approximate surface area is 207 Å². The zero-order valence-electron chi connectivity index (χ0n) is 17.3. The van der Waals surface area contributed by atoms with E-state index >= 15 is 0 Å². The molecule has 8 heteroatoms. The Morgan fingerprint density at radius 1 is 0.824 bits per heavy atom. The zero-order valence-corrected chi connectivity index (χ0v) is 20.4. The summed E-state index contributed by atoms with van der Waals surface area (Å²) in [5, 5.41) is 12.8. The first-order valence-corrected chi connectivity index (χ1v) is 11.9. The highest BCUT2D eigenvalue weighted by Gasteiger charge is 2.21. The quantitative estimate of drug-likeness (QED) is 0.206. The van der Waals surface area contributed by atoms with E-state index < -0.39 is 17.1 Å². The summed E-state index contributed by atoms with van der Waals surface area (Å²) in [6.45, 7) is 0. The third-order valence-electron chi connectivity index (χ3n) is 6.05. The largest absolute Gasteiger partial charge is 0.481 e. The molecule has 6 rings (SSSR count). The number of fused-ring (bicyclic) bond motifs is 2. The lowest BCUT2D eigenvalue weighted by molar-refractivity contribution is -0.136. The molecule has 4 aromatic carbocycles. The number of halogens is 2. The van der Waals surface area contributed by atoms with E-state index in [1.54, 1.807) is 36.4 Å². The number of carboxylic acids is 1. The van der Waals surface area contributed by atoms with Crippen molar-refractivity contribution in [2.24, 2.45) is 0 Å². The molecule has 0 amide bonds. The lowest BCUT2D eigenvalue weighted by Crippen LogP contribution is -2.32. The Morgan fingerprint density at radius 3 is 2.26 bits per heavy atom. The summed E-state index contributed by atoms with van der Waals surface area (Å²) in [7, 11) is 0. The molecule has 0 unspecified atom stereocenters. The molecule has 0 saturated heterocycles. The van der Waals surface area contributed by atoms with Crippen LogP contribution in [-0.4, -0.2) is 15.6 Å². The van der Waals surface area contributed by atoms with Gasteiger partial charge in [0.15, 0.2) is 0 Å². The first-order valence-electron chi connectivity index (χ1n) is 10.3. The average molecular weight is 579 g/mol. The Morgan fingerprint density at radius 2 is 1.53 bits per heavy atom. The van der Waals surface area contributed by atoms with Gasteiger partial charge >= 0.3 is 5.97 Å². The van der Waals surface area contributed by atoms with Crippen molar-refractivity contribution < 1.29 is 14.3 Å². The van der Waals surface area contributed by atoms with Gasteiger partial charge in [-0.2, -0.15) is 0 Å². The molecule has 1 N–H and O–H groups in total. The molecule has 2 aromatic heterocycles. The van der Waals surface area contributed by atoms with Gasteiger partial charge in [-0.15, -0.1) is 0 Å². The number of rotatable bonds is 3. The number of carbonyl (C=O) groups is 1. The molecule has 34 heavy (non-hydrogen) atoms. The number of aliphatic carboxylic acids is 1. The number of hydrogen-bond acceptors (Lipinski definition) is 4. The molecule has 0 saturated carbocycles. The van der Waals surface area contributed by atoms with Gasteiger partial charge in [0.25, 0.3) is 11.1 Å². The SMILES string of the molecule is O=C(O)Cc1ccc(-n2c(=O)c3ccc4c5cc(Br)ccc5oc5c(Br)cc(c2=O)c3c54)cc1. The van der Waals surface area contributed by atoms with Gasteiger partial charge in [0.1, 0.15) is 11.2 Å². The lowest BCUT2D eigenvalue weighted by Gasteiger charge is -2.15. The van der Waals surface area contributed by atoms with Crippen LogP contribution < -0.4 is 11.1 Å². The van der Waals surface area contributed by atoms with Crippen LogP contribution in [0.15, 0.2) is 83.6 Å². The maximum atomic E-state index is 13.6.